The van der Waals surface area contributed by atoms with E-state index in [2.05, 4.69) is 35.9 Å². The summed E-state index contributed by atoms with van der Waals surface area (Å²) in [6, 6.07) is 4.50. The molecule has 5 aliphatic rings. The Hall–Kier alpha value is -5.63. The number of aromatic nitrogens is 5. The highest BCUT2D eigenvalue weighted by Gasteiger charge is 2.51. The summed E-state index contributed by atoms with van der Waals surface area (Å²) in [4.78, 5) is 51.1. The molecular weight excluding hydrogens is 894 g/mol. The van der Waals surface area contributed by atoms with E-state index in [0.29, 0.717) is 69.1 Å². The van der Waals surface area contributed by atoms with Crippen LogP contribution in [0.5, 0.6) is 5.75 Å². The molecule has 2 aromatic carbocycles. The molecule has 2 atom stereocenters. The van der Waals surface area contributed by atoms with Gasteiger partial charge in [0.15, 0.2) is 12.4 Å². The van der Waals surface area contributed by atoms with Crippen molar-refractivity contribution in [3.05, 3.63) is 68.5 Å². The van der Waals surface area contributed by atoms with Gasteiger partial charge in [0, 0.05) is 57.0 Å². The molecule has 4 aliphatic heterocycles. The minimum atomic E-state index is -4.66. The molecule has 3 N–H and O–H groups in total. The molecule has 7 heterocycles. The standard InChI is InChI=1S/C45H47ClF6N10O4/c1-59-32-18-30(47)31(17-28(32)36-38(42(59)65)66-21-44(48,49)39(56-36)24-3-4-24)54-40-29(46)19-53-43(57-40)62-15-9-22(10-16-62)20-61-13-11-23(12-14-61)25-5-6-26-35(27-7-8-33(63)55-41(27)64)58-60(2)37(26)34(25)45(50,51)52/h5-6,17-19,22-24,27,39,56H,3-4,7-16,20-21H2,1-2H3,(H,53,54,57)(H,55,63,64)/t27?,39-/m0/s1. The van der Waals surface area contributed by atoms with E-state index in [1.54, 1.807) is 6.07 Å². The number of rotatable bonds is 8. The third-order valence-electron chi connectivity index (χ3n) is 14.0. The number of imide groups is 1. The molecule has 2 amide bonds. The fourth-order valence-corrected chi connectivity index (χ4v) is 10.6. The monoisotopic (exact) mass is 940 g/mol. The summed E-state index contributed by atoms with van der Waals surface area (Å²) in [5, 5.41) is 13.2. The summed E-state index contributed by atoms with van der Waals surface area (Å²) >= 11 is 6.54. The first-order chi connectivity index (χ1) is 31.4. The topological polar surface area (TPSA) is 152 Å². The van der Waals surface area contributed by atoms with Crippen LogP contribution < -0.4 is 31.1 Å². The first kappa shape index (κ1) is 44.2. The molecule has 350 valence electrons. The number of pyridine rings is 1. The van der Waals surface area contributed by atoms with Gasteiger partial charge in [0.25, 0.3) is 5.56 Å². The van der Waals surface area contributed by atoms with Gasteiger partial charge in [-0.3, -0.25) is 24.4 Å². The van der Waals surface area contributed by atoms with Crippen LogP contribution in [0.2, 0.25) is 5.02 Å². The Kier molecular flexibility index (Phi) is 11.1. The molecule has 1 saturated carbocycles. The highest BCUT2D eigenvalue weighted by Crippen LogP contribution is 2.47. The number of fused-ring (bicyclic) bond motifs is 4. The maximum atomic E-state index is 15.8. The second kappa shape index (κ2) is 16.6. The minimum absolute atomic E-state index is 0.0516. The van der Waals surface area contributed by atoms with Crippen molar-refractivity contribution >= 4 is 68.4 Å². The molecule has 3 aromatic heterocycles. The van der Waals surface area contributed by atoms with Crippen molar-refractivity contribution < 1.29 is 40.7 Å². The lowest BCUT2D eigenvalue weighted by Gasteiger charge is -2.38. The summed E-state index contributed by atoms with van der Waals surface area (Å²) in [6.45, 7) is 2.31. The van der Waals surface area contributed by atoms with E-state index in [0.717, 1.165) is 25.5 Å². The van der Waals surface area contributed by atoms with Gasteiger partial charge in [-0.25, -0.2) is 18.2 Å². The summed E-state index contributed by atoms with van der Waals surface area (Å²) in [7, 11) is 2.88. The first-order valence-corrected chi connectivity index (χ1v) is 22.6. The molecular formula is C45H47ClF6N10O4. The lowest BCUT2D eigenvalue weighted by atomic mass is 9.84. The Morgan fingerprint density at radius 1 is 0.970 bits per heavy atom. The van der Waals surface area contributed by atoms with Gasteiger partial charge in [-0.15, -0.1) is 0 Å². The Bertz CT molecular complexity index is 2830. The van der Waals surface area contributed by atoms with E-state index >= 15 is 13.2 Å². The number of halogens is 7. The molecule has 5 aromatic rings. The predicted molar refractivity (Wildman–Crippen MR) is 234 cm³/mol. The highest BCUT2D eigenvalue weighted by molar-refractivity contribution is 6.33. The van der Waals surface area contributed by atoms with Crippen molar-refractivity contribution in [1.82, 2.24) is 34.5 Å². The zero-order valence-corrected chi connectivity index (χ0v) is 36.8. The largest absolute Gasteiger partial charge is 0.480 e. The summed E-state index contributed by atoms with van der Waals surface area (Å²) in [5.41, 5.74) is -0.780. The first-order valence-electron chi connectivity index (χ1n) is 22.3. The van der Waals surface area contributed by atoms with Crippen molar-refractivity contribution in [2.24, 2.45) is 25.9 Å². The van der Waals surface area contributed by atoms with Gasteiger partial charge in [-0.05, 0) is 87.4 Å². The molecule has 0 spiro atoms. The average molecular weight is 941 g/mol. The number of ether oxygens (including phenoxy) is 1. The number of nitrogens with one attached hydrogen (secondary N) is 3. The fraction of sp³-hybridized carbons (Fsp3) is 0.511. The van der Waals surface area contributed by atoms with Gasteiger partial charge in [0.1, 0.15) is 10.8 Å². The van der Waals surface area contributed by atoms with E-state index in [-0.39, 0.29) is 80.3 Å². The summed E-state index contributed by atoms with van der Waals surface area (Å²) in [6.07, 6.45) is 0.944. The maximum Gasteiger partial charge on any atom is 0.418 e. The predicted octanol–water partition coefficient (Wildman–Crippen LogP) is 7.60. The summed E-state index contributed by atoms with van der Waals surface area (Å²) < 4.78 is 98.7. The van der Waals surface area contributed by atoms with Crippen LogP contribution in [0.3, 0.4) is 0 Å². The number of aryl methyl sites for hydroxylation is 2. The van der Waals surface area contributed by atoms with Crippen molar-refractivity contribution in [3.63, 3.8) is 0 Å². The number of nitrogens with zero attached hydrogens (tertiary/aromatic N) is 7. The smallest absolute Gasteiger partial charge is 0.418 e. The van der Waals surface area contributed by atoms with Gasteiger partial charge in [0.05, 0.1) is 51.8 Å². The average Bonchev–Trinajstić information content (AvgIpc) is 4.08. The number of benzene rings is 2. The van der Waals surface area contributed by atoms with Gasteiger partial charge in [0.2, 0.25) is 23.5 Å². The highest BCUT2D eigenvalue weighted by atomic mass is 35.5. The zero-order valence-electron chi connectivity index (χ0n) is 36.1. The Balaban J connectivity index is 0.796. The van der Waals surface area contributed by atoms with Crippen LogP contribution in [0.25, 0.3) is 21.8 Å². The maximum absolute atomic E-state index is 15.8. The van der Waals surface area contributed by atoms with Crippen molar-refractivity contribution in [2.75, 3.05) is 54.9 Å². The normalized spacial score (nSPS) is 22.2. The molecule has 0 radical (unpaired) electrons. The Morgan fingerprint density at radius 3 is 2.41 bits per heavy atom. The Morgan fingerprint density at radius 2 is 1.71 bits per heavy atom. The number of carbonyl (C=O) groups excluding carboxylic acids is 2. The molecule has 3 saturated heterocycles. The van der Waals surface area contributed by atoms with Gasteiger partial charge >= 0.3 is 12.1 Å². The molecule has 14 nitrogen and oxygen atoms in total. The van der Waals surface area contributed by atoms with Crippen molar-refractivity contribution in [3.8, 4) is 5.75 Å². The van der Waals surface area contributed by atoms with E-state index < -0.39 is 59.4 Å². The second-order valence-electron chi connectivity index (χ2n) is 18.4. The molecule has 66 heavy (non-hydrogen) atoms. The third kappa shape index (κ3) is 8.06. The van der Waals surface area contributed by atoms with Crippen molar-refractivity contribution in [1.29, 1.82) is 0 Å². The van der Waals surface area contributed by atoms with Crippen LogP contribution in [0.1, 0.15) is 80.0 Å². The zero-order chi connectivity index (χ0) is 46.4. The van der Waals surface area contributed by atoms with Crippen LogP contribution in [0, 0.1) is 17.7 Å². The molecule has 10 rings (SSSR count). The van der Waals surface area contributed by atoms with E-state index in [9.17, 15) is 27.6 Å². The fourth-order valence-electron chi connectivity index (χ4n) is 10.4. The lowest BCUT2D eigenvalue weighted by Crippen LogP contribution is -2.44. The molecule has 21 heteroatoms. The number of likely N-dealkylation sites (tertiary alicyclic amines) is 1. The SMILES string of the molecule is Cn1nc(C2CCC(=O)NC2=O)c2ccc(C3CCN(CC4CCN(c5ncc(Cl)c(Nc6cc7c8c(c(=O)n(C)c7cc6F)OCC(F)(F)[C@H](C6CC6)N8)n5)CC4)CC3)c(C(F)(F)F)c21. The number of amides is 2. The third-order valence-corrected chi connectivity index (χ3v) is 14.3. The molecule has 0 bridgehead atoms. The van der Waals surface area contributed by atoms with Crippen molar-refractivity contribution in [2.45, 2.75) is 81.3 Å². The van der Waals surface area contributed by atoms with Crippen LogP contribution in [-0.2, 0) is 29.9 Å². The van der Waals surface area contributed by atoms with E-state index in [1.807, 2.05) is 4.90 Å². The van der Waals surface area contributed by atoms with Crippen LogP contribution in [-0.4, -0.2) is 92.3 Å². The van der Waals surface area contributed by atoms with Crippen LogP contribution in [0.4, 0.5) is 49.5 Å². The van der Waals surface area contributed by atoms with Gasteiger partial charge in [-0.1, -0.05) is 23.7 Å². The van der Waals surface area contributed by atoms with Crippen LogP contribution >= 0.6 is 11.6 Å². The lowest BCUT2D eigenvalue weighted by molar-refractivity contribution is -0.137. The van der Waals surface area contributed by atoms with Gasteiger partial charge < -0.3 is 29.7 Å². The van der Waals surface area contributed by atoms with E-state index in [1.165, 1.54) is 41.7 Å². The van der Waals surface area contributed by atoms with Crippen LogP contribution in [0.15, 0.2) is 35.3 Å². The number of carbonyl (C=O) groups is 2. The van der Waals surface area contributed by atoms with Gasteiger partial charge in [-0.2, -0.15) is 23.3 Å². The molecule has 4 fully saturated rings. The minimum Gasteiger partial charge on any atom is -0.480 e. The molecule has 1 unspecified atom stereocenters. The number of anilines is 4. The second-order valence-corrected chi connectivity index (χ2v) is 18.8. The number of piperidine rings is 3. The number of alkyl halides is 5. The number of hydrogen-bond acceptors (Lipinski definition) is 11. The Labute approximate surface area is 379 Å². The quantitative estimate of drug-likeness (QED) is 0.104. The molecule has 1 aliphatic carbocycles. The number of hydrogen-bond donors (Lipinski definition) is 3. The summed E-state index contributed by atoms with van der Waals surface area (Å²) in [5.74, 6) is -5.81. The van der Waals surface area contributed by atoms with E-state index in [4.69, 9.17) is 16.3 Å².